The third-order valence-electron chi connectivity index (χ3n) is 3.02. The van der Waals surface area contributed by atoms with E-state index in [0.717, 1.165) is 18.4 Å². The Balaban J connectivity index is 2.01. The van der Waals surface area contributed by atoms with Crippen LogP contribution in [-0.2, 0) is 14.3 Å². The van der Waals surface area contributed by atoms with Gasteiger partial charge in [0.1, 0.15) is 6.10 Å². The van der Waals surface area contributed by atoms with Crippen LogP contribution in [0.2, 0.25) is 0 Å². The molecule has 1 aliphatic rings. The summed E-state index contributed by atoms with van der Waals surface area (Å²) in [5.41, 5.74) is 2.40. The summed E-state index contributed by atoms with van der Waals surface area (Å²) in [6, 6.07) is 8.31. The smallest absolute Gasteiger partial charge is 0.302 e. The van der Waals surface area contributed by atoms with Crippen LogP contribution >= 0.6 is 0 Å². The minimum atomic E-state index is -0.209. The first-order valence-electron chi connectivity index (χ1n) is 6.00. The molecule has 0 saturated carbocycles. The molecule has 1 aliphatic heterocycles. The maximum absolute atomic E-state index is 10.9. The van der Waals surface area contributed by atoms with Gasteiger partial charge in [-0.2, -0.15) is 0 Å². The lowest BCUT2D eigenvalue weighted by Crippen LogP contribution is -2.27. The van der Waals surface area contributed by atoms with Crippen LogP contribution < -0.4 is 0 Å². The zero-order chi connectivity index (χ0) is 12.3. The molecule has 1 fully saturated rings. The lowest BCUT2D eigenvalue weighted by atomic mass is 9.98. The fraction of sp³-hybridized carbons (Fsp3) is 0.500. The average Bonchev–Trinajstić information content (AvgIpc) is 2.29. The zero-order valence-corrected chi connectivity index (χ0v) is 10.3. The molecular formula is C14H18O3. The van der Waals surface area contributed by atoms with E-state index in [1.807, 2.05) is 0 Å². The van der Waals surface area contributed by atoms with Gasteiger partial charge in [0, 0.05) is 19.8 Å². The largest absolute Gasteiger partial charge is 0.462 e. The fourth-order valence-electron chi connectivity index (χ4n) is 2.12. The molecule has 0 amide bonds. The quantitative estimate of drug-likeness (QED) is 0.738. The van der Waals surface area contributed by atoms with Gasteiger partial charge in [-0.1, -0.05) is 29.8 Å². The second-order valence-electron chi connectivity index (χ2n) is 4.53. The summed E-state index contributed by atoms with van der Waals surface area (Å²) in [5.74, 6) is -0.209. The first-order valence-corrected chi connectivity index (χ1v) is 6.00. The molecule has 3 heteroatoms. The Hall–Kier alpha value is -1.35. The van der Waals surface area contributed by atoms with Crippen LogP contribution in [0.3, 0.4) is 0 Å². The lowest BCUT2D eigenvalue weighted by molar-refractivity contribution is -0.153. The van der Waals surface area contributed by atoms with Gasteiger partial charge in [0.05, 0.1) is 12.7 Å². The first kappa shape index (κ1) is 12.1. The van der Waals surface area contributed by atoms with Gasteiger partial charge in [-0.3, -0.25) is 4.79 Å². The first-order chi connectivity index (χ1) is 8.15. The number of rotatable bonds is 2. The second kappa shape index (κ2) is 5.32. The summed E-state index contributed by atoms with van der Waals surface area (Å²) in [6.07, 6.45) is 1.59. The number of ether oxygens (including phenoxy) is 2. The molecule has 0 bridgehead atoms. The van der Waals surface area contributed by atoms with Gasteiger partial charge < -0.3 is 9.47 Å². The molecule has 2 atom stereocenters. The van der Waals surface area contributed by atoms with E-state index in [-0.39, 0.29) is 18.2 Å². The summed E-state index contributed by atoms with van der Waals surface area (Å²) >= 11 is 0. The summed E-state index contributed by atoms with van der Waals surface area (Å²) in [7, 11) is 0. The molecular weight excluding hydrogens is 216 g/mol. The van der Waals surface area contributed by atoms with Crippen LogP contribution in [0.25, 0.3) is 0 Å². The highest BCUT2D eigenvalue weighted by molar-refractivity contribution is 5.66. The van der Waals surface area contributed by atoms with E-state index in [0.29, 0.717) is 6.61 Å². The zero-order valence-electron chi connectivity index (χ0n) is 10.3. The standard InChI is InChI=1S/C14H18O3/c1-10-3-5-12(6-4-10)14-9-13(7-8-16-14)17-11(2)15/h3-6,13-14H,7-9H2,1-2H3/t13-,14+/m0/s1. The highest BCUT2D eigenvalue weighted by Crippen LogP contribution is 2.29. The van der Waals surface area contributed by atoms with Crippen molar-refractivity contribution in [2.24, 2.45) is 0 Å². The number of carbonyl (C=O) groups excluding carboxylic acids is 1. The number of hydrogen-bond donors (Lipinski definition) is 0. The monoisotopic (exact) mass is 234 g/mol. The van der Waals surface area contributed by atoms with Crippen molar-refractivity contribution in [3.63, 3.8) is 0 Å². The molecule has 1 saturated heterocycles. The highest BCUT2D eigenvalue weighted by atomic mass is 16.6. The van der Waals surface area contributed by atoms with Gasteiger partial charge in [-0.15, -0.1) is 0 Å². The molecule has 2 rings (SSSR count). The maximum atomic E-state index is 10.9. The van der Waals surface area contributed by atoms with E-state index >= 15 is 0 Å². The van der Waals surface area contributed by atoms with Gasteiger partial charge in [-0.05, 0) is 12.5 Å². The third kappa shape index (κ3) is 3.30. The van der Waals surface area contributed by atoms with Crippen molar-refractivity contribution < 1.29 is 14.3 Å². The van der Waals surface area contributed by atoms with Gasteiger partial charge in [0.25, 0.3) is 0 Å². The molecule has 3 nitrogen and oxygen atoms in total. The van der Waals surface area contributed by atoms with Crippen LogP contribution in [0, 0.1) is 6.92 Å². The third-order valence-corrected chi connectivity index (χ3v) is 3.02. The van der Waals surface area contributed by atoms with E-state index in [4.69, 9.17) is 9.47 Å². The predicted molar refractivity (Wildman–Crippen MR) is 64.7 cm³/mol. The molecule has 92 valence electrons. The van der Waals surface area contributed by atoms with Gasteiger partial charge >= 0.3 is 5.97 Å². The maximum Gasteiger partial charge on any atom is 0.302 e. The topological polar surface area (TPSA) is 35.5 Å². The number of benzene rings is 1. The summed E-state index contributed by atoms with van der Waals surface area (Å²) in [5, 5.41) is 0. The summed E-state index contributed by atoms with van der Waals surface area (Å²) in [6.45, 7) is 4.17. The molecule has 0 spiro atoms. The molecule has 0 aliphatic carbocycles. The minimum Gasteiger partial charge on any atom is -0.462 e. The summed E-state index contributed by atoms with van der Waals surface area (Å²) < 4.78 is 11.0. The number of hydrogen-bond acceptors (Lipinski definition) is 3. The Morgan fingerprint density at radius 1 is 1.35 bits per heavy atom. The van der Waals surface area contributed by atoms with Crippen molar-refractivity contribution in [1.82, 2.24) is 0 Å². The van der Waals surface area contributed by atoms with Crippen molar-refractivity contribution in [2.45, 2.75) is 38.9 Å². The molecule has 0 aromatic heterocycles. The van der Waals surface area contributed by atoms with Gasteiger partial charge in [-0.25, -0.2) is 0 Å². The van der Waals surface area contributed by atoms with Crippen LogP contribution in [-0.4, -0.2) is 18.7 Å². The number of carbonyl (C=O) groups is 1. The van der Waals surface area contributed by atoms with E-state index in [2.05, 4.69) is 31.2 Å². The highest BCUT2D eigenvalue weighted by Gasteiger charge is 2.25. The Morgan fingerprint density at radius 3 is 2.71 bits per heavy atom. The molecule has 1 aromatic rings. The minimum absolute atomic E-state index is 0.00690. The van der Waals surface area contributed by atoms with Gasteiger partial charge in [0.2, 0.25) is 0 Å². The number of aryl methyl sites for hydroxylation is 1. The van der Waals surface area contributed by atoms with Crippen molar-refractivity contribution in [1.29, 1.82) is 0 Å². The molecule has 1 aromatic carbocycles. The molecule has 0 unspecified atom stereocenters. The van der Waals surface area contributed by atoms with E-state index in [1.54, 1.807) is 0 Å². The van der Waals surface area contributed by atoms with Gasteiger partial charge in [0.15, 0.2) is 0 Å². The van der Waals surface area contributed by atoms with Crippen molar-refractivity contribution in [3.05, 3.63) is 35.4 Å². The SMILES string of the molecule is CC(=O)O[C@H]1CCO[C@@H](c2ccc(C)cc2)C1. The molecule has 0 N–H and O–H groups in total. The van der Waals surface area contributed by atoms with E-state index in [9.17, 15) is 4.79 Å². The van der Waals surface area contributed by atoms with Crippen LogP contribution in [0.4, 0.5) is 0 Å². The number of esters is 1. The normalized spacial score (nSPS) is 24.4. The second-order valence-corrected chi connectivity index (χ2v) is 4.53. The fourth-order valence-corrected chi connectivity index (χ4v) is 2.12. The van der Waals surface area contributed by atoms with Crippen LogP contribution in [0.5, 0.6) is 0 Å². The Morgan fingerprint density at radius 2 is 2.06 bits per heavy atom. The lowest BCUT2D eigenvalue weighted by Gasteiger charge is -2.29. The van der Waals surface area contributed by atoms with Crippen molar-refractivity contribution >= 4 is 5.97 Å². The van der Waals surface area contributed by atoms with E-state index < -0.39 is 0 Å². The molecule has 17 heavy (non-hydrogen) atoms. The van der Waals surface area contributed by atoms with E-state index in [1.165, 1.54) is 12.5 Å². The Kier molecular flexibility index (Phi) is 3.79. The van der Waals surface area contributed by atoms with Crippen LogP contribution in [0.15, 0.2) is 24.3 Å². The van der Waals surface area contributed by atoms with Crippen molar-refractivity contribution in [3.8, 4) is 0 Å². The average molecular weight is 234 g/mol. The predicted octanol–water partition coefficient (Wildman–Crippen LogP) is 2.78. The van der Waals surface area contributed by atoms with Crippen LogP contribution in [0.1, 0.15) is 37.0 Å². The Bertz CT molecular complexity index is 383. The summed E-state index contributed by atoms with van der Waals surface area (Å²) in [4.78, 5) is 10.9. The molecule has 1 heterocycles. The Labute approximate surface area is 102 Å². The van der Waals surface area contributed by atoms with Crippen molar-refractivity contribution in [2.75, 3.05) is 6.61 Å². The molecule has 0 radical (unpaired) electrons.